The molecule has 12 nitrogen and oxygen atoms in total. The summed E-state index contributed by atoms with van der Waals surface area (Å²) in [6, 6.07) is 7.17. The van der Waals surface area contributed by atoms with Crippen molar-refractivity contribution in [3.05, 3.63) is 52.0 Å². The molecule has 2 fully saturated rings. The molecule has 1 saturated carbocycles. The minimum atomic E-state index is -1.13. The van der Waals surface area contributed by atoms with Crippen LogP contribution in [0.5, 0.6) is 5.88 Å². The molecule has 1 aromatic carbocycles. The summed E-state index contributed by atoms with van der Waals surface area (Å²) < 4.78 is 12.2. The molecule has 2 aromatic heterocycles. The van der Waals surface area contributed by atoms with Gasteiger partial charge in [-0.25, -0.2) is 14.8 Å². The molecule has 4 aliphatic rings. The Morgan fingerprint density at radius 3 is 2.60 bits per heavy atom. The Hall–Kier alpha value is -4.36. The van der Waals surface area contributed by atoms with E-state index in [9.17, 15) is 24.3 Å². The number of rotatable bonds is 6. The van der Waals surface area contributed by atoms with Crippen molar-refractivity contribution in [1.29, 1.82) is 0 Å². The summed E-state index contributed by atoms with van der Waals surface area (Å²) in [4.78, 5) is 69.4. The lowest BCUT2D eigenvalue weighted by molar-refractivity contribution is -0.142. The molecule has 0 unspecified atom stereocenters. The highest BCUT2D eigenvalue weighted by Crippen LogP contribution is 2.39. The molecule has 2 aliphatic carbocycles. The van der Waals surface area contributed by atoms with Crippen LogP contribution in [0.1, 0.15) is 77.0 Å². The van der Waals surface area contributed by atoms with Gasteiger partial charge in [-0.2, -0.15) is 0 Å². The van der Waals surface area contributed by atoms with Crippen molar-refractivity contribution in [3.8, 4) is 16.5 Å². The maximum absolute atomic E-state index is 13.9. The number of ketones is 1. The Morgan fingerprint density at radius 2 is 1.82 bits per heavy atom. The number of nitrogens with zero attached hydrogens (tertiary/aromatic N) is 4. The van der Waals surface area contributed by atoms with E-state index in [0.29, 0.717) is 41.0 Å². The summed E-state index contributed by atoms with van der Waals surface area (Å²) >= 11 is 7.73. The Labute approximate surface area is 297 Å². The monoisotopic (exact) mass is 719 g/mol. The topological polar surface area (TPSA) is 160 Å². The quantitative estimate of drug-likeness (QED) is 0.282. The molecular weight excluding hydrogens is 682 g/mol. The van der Waals surface area contributed by atoms with Crippen LogP contribution in [0, 0.1) is 5.92 Å². The maximum Gasteiger partial charge on any atom is 0.407 e. The first kappa shape index (κ1) is 34.1. The molecule has 0 radical (unpaired) electrons. The number of ether oxygens (including phenoxy) is 2. The van der Waals surface area contributed by atoms with E-state index in [1.165, 1.54) is 16.2 Å². The van der Waals surface area contributed by atoms with Crippen LogP contribution in [-0.4, -0.2) is 74.4 Å². The molecule has 4 heterocycles. The van der Waals surface area contributed by atoms with E-state index in [0.717, 1.165) is 54.7 Å². The van der Waals surface area contributed by atoms with Crippen molar-refractivity contribution in [2.75, 3.05) is 0 Å². The average Bonchev–Trinajstić information content (AvgIpc) is 3.47. The lowest BCUT2D eigenvalue weighted by Gasteiger charge is -2.33. The van der Waals surface area contributed by atoms with Gasteiger partial charge in [0.15, 0.2) is 12.0 Å². The molecule has 0 spiro atoms. The number of aliphatic carboxylic acids is 1. The van der Waals surface area contributed by atoms with E-state index in [1.54, 1.807) is 24.4 Å². The zero-order chi connectivity index (χ0) is 34.8. The molecule has 2 amide bonds. The fourth-order valence-electron chi connectivity index (χ4n) is 7.06. The highest BCUT2D eigenvalue weighted by atomic mass is 35.5. The van der Waals surface area contributed by atoms with Crippen LogP contribution < -0.4 is 10.1 Å². The number of amides is 2. The van der Waals surface area contributed by atoms with Gasteiger partial charge < -0.3 is 19.9 Å². The summed E-state index contributed by atoms with van der Waals surface area (Å²) in [5, 5.41) is 15.3. The molecule has 7 rings (SSSR count). The number of alkyl carbamates (subject to hydrolysis) is 1. The third-order valence-corrected chi connectivity index (χ3v) is 10.9. The number of carboxylic acids is 1. The Morgan fingerprint density at radius 1 is 1.00 bits per heavy atom. The number of carbonyl (C=O) groups excluding carboxylic acids is 3. The standard InChI is InChI=1S/C36H38ClN5O7S/c37-21-11-12-24-27(17-21)40-34(33(39-24)30-10-5-15-50-30)49-32-14-13-29(43)25(41-36(47)48-22-7-2-3-8-22)9-4-1-6-20-16-26(20)38-19-28-23(35(45)46)18-31(44)42(28)32/h5,10-12,15,17,19,22-23,25,28,32H,1-4,6-9,13-14,16,18H2,(H,41,47)(H,45,46)/t23-,25-,28+,32+/m0/s1. The lowest BCUT2D eigenvalue weighted by atomic mass is 9.99. The van der Waals surface area contributed by atoms with E-state index < -0.39 is 42.2 Å². The number of allylic oxidation sites excluding steroid dienone is 2. The van der Waals surface area contributed by atoms with Gasteiger partial charge in [0.1, 0.15) is 11.8 Å². The third-order valence-electron chi connectivity index (χ3n) is 9.80. The molecule has 2 N–H and O–H groups in total. The zero-order valence-corrected chi connectivity index (χ0v) is 29.0. The number of aromatic nitrogens is 2. The van der Waals surface area contributed by atoms with Crippen LogP contribution >= 0.6 is 22.9 Å². The van der Waals surface area contributed by atoms with Crippen molar-refractivity contribution in [2.24, 2.45) is 10.9 Å². The van der Waals surface area contributed by atoms with Gasteiger partial charge in [-0.1, -0.05) is 24.1 Å². The van der Waals surface area contributed by atoms with Crippen LogP contribution in [0.25, 0.3) is 21.6 Å². The van der Waals surface area contributed by atoms with E-state index in [1.807, 2.05) is 17.5 Å². The van der Waals surface area contributed by atoms with Gasteiger partial charge in [-0.05, 0) is 80.2 Å². The van der Waals surface area contributed by atoms with E-state index in [2.05, 4.69) is 10.3 Å². The molecule has 4 atom stereocenters. The molecule has 1 saturated heterocycles. The number of nitrogens with one attached hydrogen (secondary N) is 1. The molecule has 3 aromatic rings. The van der Waals surface area contributed by atoms with Gasteiger partial charge in [0, 0.05) is 42.6 Å². The minimum Gasteiger partial charge on any atom is -0.481 e. The van der Waals surface area contributed by atoms with Gasteiger partial charge in [-0.3, -0.25) is 24.3 Å². The third kappa shape index (κ3) is 7.68. The van der Waals surface area contributed by atoms with E-state index in [-0.39, 0.29) is 37.0 Å². The highest BCUT2D eigenvalue weighted by molar-refractivity contribution is 7.13. The SMILES string of the molecule is O=C(N[C@H]1CCCCC2=C(C2)N=C[C@@H]2[C@@H](C(=O)O)CC(=O)N2[C@H](Oc2nc3cc(Cl)ccc3nc2-c2cccs2)CCC1=O)OC1CCCC1. The second-order valence-electron chi connectivity index (χ2n) is 13.3. The number of carbonyl (C=O) groups is 4. The number of hydrogen-bond donors (Lipinski definition) is 2. The smallest absolute Gasteiger partial charge is 0.407 e. The minimum absolute atomic E-state index is 0.00416. The van der Waals surface area contributed by atoms with Crippen LogP contribution in [0.4, 0.5) is 4.79 Å². The first-order valence-electron chi connectivity index (χ1n) is 17.2. The molecule has 14 heteroatoms. The number of carboxylic acid groups (broad SMARTS) is 1. The van der Waals surface area contributed by atoms with Crippen LogP contribution in [0.15, 0.2) is 52.0 Å². The predicted octanol–water partition coefficient (Wildman–Crippen LogP) is 6.71. The number of benzene rings is 1. The number of thiophene rings is 1. The first-order valence-corrected chi connectivity index (χ1v) is 18.5. The van der Waals surface area contributed by atoms with Crippen LogP contribution in [-0.2, 0) is 19.1 Å². The summed E-state index contributed by atoms with van der Waals surface area (Å²) in [5.74, 6) is -2.75. The Balaban J connectivity index is 1.24. The van der Waals surface area contributed by atoms with Crippen LogP contribution in [0.3, 0.4) is 0 Å². The average molecular weight is 720 g/mol. The zero-order valence-electron chi connectivity index (χ0n) is 27.4. The van der Waals surface area contributed by atoms with Crippen molar-refractivity contribution < 1.29 is 33.8 Å². The van der Waals surface area contributed by atoms with E-state index >= 15 is 0 Å². The Bertz CT molecular complexity index is 1860. The second kappa shape index (κ2) is 14.9. The molecule has 0 bridgehead atoms. The predicted molar refractivity (Wildman–Crippen MR) is 187 cm³/mol. The van der Waals surface area contributed by atoms with Crippen LogP contribution in [0.2, 0.25) is 5.02 Å². The van der Waals surface area contributed by atoms with Gasteiger partial charge >= 0.3 is 12.1 Å². The van der Waals surface area contributed by atoms with Crippen molar-refractivity contribution in [1.82, 2.24) is 20.2 Å². The maximum atomic E-state index is 13.9. The van der Waals surface area contributed by atoms with Crippen molar-refractivity contribution in [3.63, 3.8) is 0 Å². The number of aliphatic imine (C=N–C) groups is 1. The fourth-order valence-corrected chi connectivity index (χ4v) is 7.93. The molecule has 2 aliphatic heterocycles. The van der Waals surface area contributed by atoms with Gasteiger partial charge in [-0.15, -0.1) is 11.3 Å². The van der Waals surface area contributed by atoms with Gasteiger partial charge in [0.2, 0.25) is 11.8 Å². The molecule has 50 heavy (non-hydrogen) atoms. The van der Waals surface area contributed by atoms with Crippen molar-refractivity contribution >= 4 is 63.9 Å². The Kier molecular flexibility index (Phi) is 10.1. The summed E-state index contributed by atoms with van der Waals surface area (Å²) in [7, 11) is 0. The summed E-state index contributed by atoms with van der Waals surface area (Å²) in [6.45, 7) is 0. The summed E-state index contributed by atoms with van der Waals surface area (Å²) in [6.07, 6.45) is 6.43. The van der Waals surface area contributed by atoms with Gasteiger partial charge in [0.25, 0.3) is 0 Å². The molecule has 262 valence electrons. The number of halogens is 1. The van der Waals surface area contributed by atoms with E-state index in [4.69, 9.17) is 31.0 Å². The van der Waals surface area contributed by atoms with Crippen molar-refractivity contribution in [2.45, 2.75) is 101 Å². The largest absolute Gasteiger partial charge is 0.481 e. The number of Topliss-reactive ketones (excluding diaryl/α,β-unsaturated/α-hetero) is 1. The normalized spacial score (nSPS) is 24.8. The number of hydrogen-bond acceptors (Lipinski definition) is 10. The second-order valence-corrected chi connectivity index (χ2v) is 14.6. The first-order chi connectivity index (χ1) is 24.2. The summed E-state index contributed by atoms with van der Waals surface area (Å²) in [5.41, 5.74) is 3.53. The lowest BCUT2D eigenvalue weighted by Crippen LogP contribution is -2.49. The van der Waals surface area contributed by atoms with Gasteiger partial charge in [0.05, 0.1) is 33.9 Å². The molecular formula is C36H38ClN5O7S. The number of fused-ring (bicyclic) bond motifs is 2. The fraction of sp³-hybridized carbons (Fsp3) is 0.472. The highest BCUT2D eigenvalue weighted by Gasteiger charge is 2.47.